The number of nitrogens with one attached hydrogen (secondary N) is 2. The van der Waals surface area contributed by atoms with Crippen molar-refractivity contribution in [1.29, 1.82) is 0 Å². The van der Waals surface area contributed by atoms with E-state index in [1.54, 1.807) is 25.3 Å². The van der Waals surface area contributed by atoms with Gasteiger partial charge < -0.3 is 20.1 Å². The maximum Gasteiger partial charge on any atom is 0.251 e. The van der Waals surface area contributed by atoms with Gasteiger partial charge in [0.1, 0.15) is 0 Å². The second kappa shape index (κ2) is 7.55. The lowest BCUT2D eigenvalue weighted by atomic mass is 10.2. The van der Waals surface area contributed by atoms with Gasteiger partial charge in [0, 0.05) is 18.7 Å². The molecule has 5 nitrogen and oxygen atoms in total. The zero-order valence-corrected chi connectivity index (χ0v) is 11.1. The van der Waals surface area contributed by atoms with E-state index >= 15 is 0 Å². The Hall–Kier alpha value is -1.75. The lowest BCUT2D eigenvalue weighted by molar-refractivity contribution is 0.0953. The highest BCUT2D eigenvalue weighted by Crippen LogP contribution is 2.27. The molecule has 0 fully saturated rings. The van der Waals surface area contributed by atoms with Gasteiger partial charge in [-0.05, 0) is 32.2 Å². The van der Waals surface area contributed by atoms with Crippen LogP contribution in [-0.4, -0.2) is 39.8 Å². The minimum Gasteiger partial charge on any atom is -0.493 e. The molecule has 0 bridgehead atoms. The highest BCUT2D eigenvalue weighted by molar-refractivity contribution is 5.94. The van der Waals surface area contributed by atoms with Gasteiger partial charge in [0.15, 0.2) is 11.5 Å². The third kappa shape index (κ3) is 3.92. The minimum atomic E-state index is -0.119. The van der Waals surface area contributed by atoms with Gasteiger partial charge in [0.2, 0.25) is 0 Å². The van der Waals surface area contributed by atoms with Crippen molar-refractivity contribution in [3.63, 3.8) is 0 Å². The van der Waals surface area contributed by atoms with Crippen LogP contribution in [0.5, 0.6) is 11.5 Å². The Labute approximate surface area is 107 Å². The Balaban J connectivity index is 2.74. The highest BCUT2D eigenvalue weighted by Gasteiger charge is 2.10. The Morgan fingerprint density at radius 1 is 1.28 bits per heavy atom. The van der Waals surface area contributed by atoms with E-state index in [2.05, 4.69) is 10.6 Å². The summed E-state index contributed by atoms with van der Waals surface area (Å²) in [6.07, 6.45) is 0. The fraction of sp³-hybridized carbons (Fsp3) is 0.462. The van der Waals surface area contributed by atoms with Gasteiger partial charge in [0.25, 0.3) is 5.91 Å². The predicted molar refractivity (Wildman–Crippen MR) is 70.4 cm³/mol. The molecule has 0 aliphatic rings. The number of hydrogen-bond donors (Lipinski definition) is 2. The monoisotopic (exact) mass is 252 g/mol. The molecule has 1 aromatic rings. The molecule has 0 aromatic heterocycles. The van der Waals surface area contributed by atoms with Crippen molar-refractivity contribution in [2.24, 2.45) is 0 Å². The lowest BCUT2D eigenvalue weighted by Crippen LogP contribution is -2.30. The fourth-order valence-corrected chi connectivity index (χ4v) is 1.49. The van der Waals surface area contributed by atoms with Gasteiger partial charge in [-0.25, -0.2) is 0 Å². The molecular formula is C13H20N2O3. The van der Waals surface area contributed by atoms with Crippen LogP contribution in [-0.2, 0) is 0 Å². The van der Waals surface area contributed by atoms with E-state index in [9.17, 15) is 4.79 Å². The van der Waals surface area contributed by atoms with Gasteiger partial charge in [-0.2, -0.15) is 0 Å². The minimum absolute atomic E-state index is 0.119. The van der Waals surface area contributed by atoms with Crippen molar-refractivity contribution in [3.05, 3.63) is 23.8 Å². The molecular weight excluding hydrogens is 232 g/mol. The van der Waals surface area contributed by atoms with Crippen molar-refractivity contribution in [3.8, 4) is 11.5 Å². The van der Waals surface area contributed by atoms with Crippen molar-refractivity contribution < 1.29 is 14.3 Å². The average molecular weight is 252 g/mol. The van der Waals surface area contributed by atoms with Gasteiger partial charge in [0.05, 0.1) is 13.7 Å². The molecule has 0 saturated carbocycles. The van der Waals surface area contributed by atoms with Crippen molar-refractivity contribution >= 4 is 5.91 Å². The second-order valence-electron chi connectivity index (χ2n) is 3.66. The number of carbonyl (C=O) groups is 1. The number of benzene rings is 1. The van der Waals surface area contributed by atoms with Gasteiger partial charge >= 0.3 is 0 Å². The Morgan fingerprint density at radius 3 is 2.67 bits per heavy atom. The van der Waals surface area contributed by atoms with E-state index in [-0.39, 0.29) is 5.91 Å². The van der Waals surface area contributed by atoms with Crippen molar-refractivity contribution in [2.45, 2.75) is 6.92 Å². The SMILES string of the molecule is CCOc1ccc(C(=O)NCCNC)cc1OC. The summed E-state index contributed by atoms with van der Waals surface area (Å²) in [6.45, 7) is 3.78. The molecule has 5 heteroatoms. The molecule has 0 spiro atoms. The van der Waals surface area contributed by atoms with E-state index in [0.717, 1.165) is 6.54 Å². The molecule has 100 valence electrons. The Morgan fingerprint density at radius 2 is 2.06 bits per heavy atom. The molecule has 0 radical (unpaired) electrons. The van der Waals surface area contributed by atoms with Crippen molar-refractivity contribution in [1.82, 2.24) is 10.6 Å². The normalized spacial score (nSPS) is 9.94. The van der Waals surface area contributed by atoms with Crippen LogP contribution in [0.15, 0.2) is 18.2 Å². The number of methoxy groups -OCH3 is 1. The predicted octanol–water partition coefficient (Wildman–Crippen LogP) is 1.04. The van der Waals surface area contributed by atoms with Gasteiger partial charge in [-0.15, -0.1) is 0 Å². The van der Waals surface area contributed by atoms with E-state index < -0.39 is 0 Å². The lowest BCUT2D eigenvalue weighted by Gasteiger charge is -2.11. The topological polar surface area (TPSA) is 59.6 Å². The molecule has 0 aliphatic carbocycles. The first-order valence-corrected chi connectivity index (χ1v) is 5.96. The summed E-state index contributed by atoms with van der Waals surface area (Å²) in [5.41, 5.74) is 0.561. The molecule has 1 rings (SSSR count). The summed E-state index contributed by atoms with van der Waals surface area (Å²) in [6, 6.07) is 5.15. The number of ether oxygens (including phenoxy) is 2. The second-order valence-corrected chi connectivity index (χ2v) is 3.66. The first kappa shape index (κ1) is 14.3. The van der Waals surface area contributed by atoms with Crippen LogP contribution in [0, 0.1) is 0 Å². The first-order valence-electron chi connectivity index (χ1n) is 5.96. The number of carbonyl (C=O) groups excluding carboxylic acids is 1. The van der Waals surface area contributed by atoms with E-state index in [0.29, 0.717) is 30.2 Å². The number of hydrogen-bond acceptors (Lipinski definition) is 4. The Kier molecular flexibility index (Phi) is 6.00. The summed E-state index contributed by atoms with van der Waals surface area (Å²) in [4.78, 5) is 11.8. The van der Waals surface area contributed by atoms with Crippen LogP contribution < -0.4 is 20.1 Å². The summed E-state index contributed by atoms with van der Waals surface area (Å²) in [7, 11) is 3.40. The van der Waals surface area contributed by atoms with Crippen molar-refractivity contribution in [2.75, 3.05) is 33.9 Å². The van der Waals surface area contributed by atoms with Crippen LogP contribution in [0.1, 0.15) is 17.3 Å². The van der Waals surface area contributed by atoms with Crippen LogP contribution in [0.25, 0.3) is 0 Å². The quantitative estimate of drug-likeness (QED) is 0.712. The molecule has 0 atom stereocenters. The standard InChI is InChI=1S/C13H20N2O3/c1-4-18-11-6-5-10(9-12(11)17-3)13(16)15-8-7-14-2/h5-6,9,14H,4,7-8H2,1-3H3,(H,15,16). The van der Waals surface area contributed by atoms with Crippen LogP contribution in [0.2, 0.25) is 0 Å². The van der Waals surface area contributed by atoms with E-state index in [4.69, 9.17) is 9.47 Å². The van der Waals surface area contributed by atoms with Crippen LogP contribution in [0.3, 0.4) is 0 Å². The van der Waals surface area contributed by atoms with E-state index in [1.165, 1.54) is 0 Å². The molecule has 0 saturated heterocycles. The maximum absolute atomic E-state index is 11.8. The highest BCUT2D eigenvalue weighted by atomic mass is 16.5. The molecule has 0 heterocycles. The van der Waals surface area contributed by atoms with Gasteiger partial charge in [-0.1, -0.05) is 0 Å². The maximum atomic E-state index is 11.8. The number of rotatable bonds is 7. The molecule has 1 aromatic carbocycles. The van der Waals surface area contributed by atoms with E-state index in [1.807, 2.05) is 14.0 Å². The number of likely N-dealkylation sites (N-methyl/N-ethyl adjacent to an activating group) is 1. The smallest absolute Gasteiger partial charge is 0.251 e. The van der Waals surface area contributed by atoms with Gasteiger partial charge in [-0.3, -0.25) is 4.79 Å². The summed E-state index contributed by atoms with van der Waals surface area (Å²) >= 11 is 0. The number of amides is 1. The summed E-state index contributed by atoms with van der Waals surface area (Å²) in [5.74, 6) is 1.09. The molecule has 0 unspecified atom stereocenters. The largest absolute Gasteiger partial charge is 0.493 e. The zero-order valence-electron chi connectivity index (χ0n) is 11.1. The van der Waals surface area contributed by atoms with Crippen LogP contribution in [0.4, 0.5) is 0 Å². The summed E-state index contributed by atoms with van der Waals surface area (Å²) < 4.78 is 10.6. The molecule has 2 N–H and O–H groups in total. The zero-order chi connectivity index (χ0) is 13.4. The third-order valence-electron chi connectivity index (χ3n) is 2.39. The summed E-state index contributed by atoms with van der Waals surface area (Å²) in [5, 5.41) is 5.77. The fourth-order valence-electron chi connectivity index (χ4n) is 1.49. The third-order valence-corrected chi connectivity index (χ3v) is 2.39. The average Bonchev–Trinajstić information content (AvgIpc) is 2.39. The molecule has 18 heavy (non-hydrogen) atoms. The Bertz CT molecular complexity index is 394. The molecule has 0 aliphatic heterocycles. The first-order chi connectivity index (χ1) is 8.72. The molecule has 1 amide bonds. The van der Waals surface area contributed by atoms with Crippen LogP contribution >= 0.6 is 0 Å².